The average molecular weight is 328 g/mol. The molecule has 0 bridgehead atoms. The van der Waals surface area contributed by atoms with Crippen molar-refractivity contribution >= 4 is 38.6 Å². The molecule has 0 saturated heterocycles. The zero-order valence-corrected chi connectivity index (χ0v) is 12.9. The topological polar surface area (TPSA) is 101 Å². The number of hydrogen-bond donors (Lipinski definition) is 2. The highest BCUT2D eigenvalue weighted by Crippen LogP contribution is 2.27. The molecule has 0 spiro atoms. The minimum absolute atomic E-state index is 0.0823. The van der Waals surface area contributed by atoms with E-state index in [1.807, 2.05) is 25.1 Å². The van der Waals surface area contributed by atoms with Crippen LogP contribution in [0.4, 0.5) is 10.8 Å². The lowest BCUT2D eigenvalue weighted by Crippen LogP contribution is -1.93. The molecule has 3 aromatic rings. The van der Waals surface area contributed by atoms with Crippen molar-refractivity contribution < 1.29 is 10.0 Å². The van der Waals surface area contributed by atoms with Crippen LogP contribution in [0.3, 0.4) is 0 Å². The maximum Gasteiger partial charge on any atom is 0.270 e. The quantitative estimate of drug-likeness (QED) is 0.432. The number of phenolic OH excluding ortho intramolecular Hbond substituents is 1. The summed E-state index contributed by atoms with van der Waals surface area (Å²) in [6, 6.07) is 9.70. The summed E-state index contributed by atoms with van der Waals surface area (Å²) in [5.41, 5.74) is 4.94. The SMILES string of the molecule is Cc1ccc2nc(N/N=C/c3cc([N+](=O)[O-])ccc3O)sc2c1. The fraction of sp³-hybridized carbons (Fsp3) is 0.0667. The molecule has 2 aromatic carbocycles. The lowest BCUT2D eigenvalue weighted by atomic mass is 10.2. The Kier molecular flexibility index (Phi) is 3.90. The fourth-order valence-corrected chi connectivity index (χ4v) is 2.91. The number of aromatic hydroxyl groups is 1. The summed E-state index contributed by atoms with van der Waals surface area (Å²) in [7, 11) is 0. The van der Waals surface area contributed by atoms with Crippen molar-refractivity contribution in [2.24, 2.45) is 5.10 Å². The molecule has 0 unspecified atom stereocenters. The van der Waals surface area contributed by atoms with E-state index in [1.54, 1.807) is 0 Å². The van der Waals surface area contributed by atoms with Crippen LogP contribution in [-0.2, 0) is 0 Å². The van der Waals surface area contributed by atoms with Crippen LogP contribution in [0.15, 0.2) is 41.5 Å². The molecule has 2 N–H and O–H groups in total. The first kappa shape index (κ1) is 14.9. The number of nitrogens with zero attached hydrogens (tertiary/aromatic N) is 3. The third kappa shape index (κ3) is 3.27. The van der Waals surface area contributed by atoms with Gasteiger partial charge in [0, 0.05) is 17.7 Å². The second kappa shape index (κ2) is 6.01. The molecule has 0 aliphatic heterocycles. The number of aromatic nitrogens is 1. The molecule has 7 nitrogen and oxygen atoms in total. The largest absolute Gasteiger partial charge is 0.507 e. The molecular weight excluding hydrogens is 316 g/mol. The molecule has 0 atom stereocenters. The van der Waals surface area contributed by atoms with Gasteiger partial charge in [-0.05, 0) is 30.7 Å². The standard InChI is InChI=1S/C15H12N4O3S/c1-9-2-4-12-14(6-9)23-15(17-12)18-16-8-10-7-11(19(21)22)3-5-13(10)20/h2-8,20H,1H3,(H,17,18)/b16-8+. The zero-order valence-electron chi connectivity index (χ0n) is 12.1. The second-order valence-electron chi connectivity index (χ2n) is 4.86. The molecule has 8 heteroatoms. The van der Waals surface area contributed by atoms with Gasteiger partial charge < -0.3 is 5.11 Å². The average Bonchev–Trinajstić information content (AvgIpc) is 2.90. The number of hydrogen-bond acceptors (Lipinski definition) is 7. The summed E-state index contributed by atoms with van der Waals surface area (Å²) in [6.45, 7) is 2.01. The minimum atomic E-state index is -0.528. The minimum Gasteiger partial charge on any atom is -0.507 e. The Morgan fingerprint density at radius 2 is 2.17 bits per heavy atom. The number of aryl methyl sites for hydroxylation is 1. The van der Waals surface area contributed by atoms with Crippen LogP contribution in [0.2, 0.25) is 0 Å². The van der Waals surface area contributed by atoms with Gasteiger partial charge in [0.2, 0.25) is 5.13 Å². The van der Waals surface area contributed by atoms with Crippen molar-refractivity contribution in [2.75, 3.05) is 5.43 Å². The highest BCUT2D eigenvalue weighted by molar-refractivity contribution is 7.22. The predicted molar refractivity (Wildman–Crippen MR) is 90.3 cm³/mol. The molecule has 0 amide bonds. The van der Waals surface area contributed by atoms with Crippen molar-refractivity contribution in [3.8, 4) is 5.75 Å². The first-order valence-electron chi connectivity index (χ1n) is 6.66. The van der Waals surface area contributed by atoms with Crippen molar-refractivity contribution in [1.82, 2.24) is 4.98 Å². The van der Waals surface area contributed by atoms with E-state index < -0.39 is 4.92 Å². The Bertz CT molecular complexity index is 920. The lowest BCUT2D eigenvalue weighted by molar-refractivity contribution is -0.384. The maximum atomic E-state index is 10.7. The van der Waals surface area contributed by atoms with Crippen LogP contribution in [0.25, 0.3) is 10.2 Å². The molecule has 1 heterocycles. The summed E-state index contributed by atoms with van der Waals surface area (Å²) in [6.07, 6.45) is 1.32. The van der Waals surface area contributed by atoms with E-state index in [1.165, 1.54) is 35.8 Å². The third-order valence-corrected chi connectivity index (χ3v) is 4.05. The van der Waals surface area contributed by atoms with Crippen LogP contribution in [0.5, 0.6) is 5.75 Å². The molecule has 23 heavy (non-hydrogen) atoms. The number of rotatable bonds is 4. The molecular formula is C15H12N4O3S. The Morgan fingerprint density at radius 3 is 2.96 bits per heavy atom. The number of phenols is 1. The van der Waals surface area contributed by atoms with Crippen LogP contribution in [0, 0.1) is 17.0 Å². The summed E-state index contributed by atoms with van der Waals surface area (Å²) in [5, 5.41) is 25.0. The predicted octanol–water partition coefficient (Wildman–Crippen LogP) is 3.66. The van der Waals surface area contributed by atoms with Gasteiger partial charge in [-0.15, -0.1) is 0 Å². The number of nitro benzene ring substituents is 1. The van der Waals surface area contributed by atoms with E-state index >= 15 is 0 Å². The smallest absolute Gasteiger partial charge is 0.270 e. The van der Waals surface area contributed by atoms with Crippen molar-refractivity contribution in [3.63, 3.8) is 0 Å². The van der Waals surface area contributed by atoms with Crippen LogP contribution in [-0.4, -0.2) is 21.2 Å². The molecule has 116 valence electrons. The molecule has 0 radical (unpaired) electrons. The summed E-state index contributed by atoms with van der Waals surface area (Å²) in [4.78, 5) is 14.6. The van der Waals surface area contributed by atoms with Crippen LogP contribution >= 0.6 is 11.3 Å². The molecule has 0 aliphatic carbocycles. The number of nitrogens with one attached hydrogen (secondary N) is 1. The lowest BCUT2D eigenvalue weighted by Gasteiger charge is -1.98. The number of hydrazone groups is 1. The van der Waals surface area contributed by atoms with E-state index in [9.17, 15) is 15.2 Å². The Balaban J connectivity index is 1.80. The monoisotopic (exact) mass is 328 g/mol. The van der Waals surface area contributed by atoms with Crippen molar-refractivity contribution in [2.45, 2.75) is 6.92 Å². The summed E-state index contributed by atoms with van der Waals surface area (Å²) < 4.78 is 1.04. The molecule has 1 aromatic heterocycles. The zero-order chi connectivity index (χ0) is 16.4. The number of non-ortho nitro benzene ring substituents is 1. The van der Waals surface area contributed by atoms with Crippen LogP contribution < -0.4 is 5.43 Å². The third-order valence-electron chi connectivity index (χ3n) is 3.13. The van der Waals surface area contributed by atoms with Gasteiger partial charge in [-0.3, -0.25) is 15.5 Å². The van der Waals surface area contributed by atoms with E-state index in [-0.39, 0.29) is 17.0 Å². The number of thiazole rings is 1. The summed E-state index contributed by atoms with van der Waals surface area (Å²) >= 11 is 1.45. The van der Waals surface area contributed by atoms with Gasteiger partial charge in [-0.25, -0.2) is 4.98 Å². The first-order valence-corrected chi connectivity index (χ1v) is 7.48. The van der Waals surface area contributed by atoms with E-state index in [0.29, 0.717) is 5.13 Å². The van der Waals surface area contributed by atoms with E-state index in [0.717, 1.165) is 15.8 Å². The van der Waals surface area contributed by atoms with Gasteiger partial charge in [-0.1, -0.05) is 17.4 Å². The van der Waals surface area contributed by atoms with Gasteiger partial charge in [0.15, 0.2) is 0 Å². The first-order chi connectivity index (χ1) is 11.0. The Morgan fingerprint density at radius 1 is 1.35 bits per heavy atom. The van der Waals surface area contributed by atoms with Gasteiger partial charge in [-0.2, -0.15) is 5.10 Å². The molecule has 0 fully saturated rings. The highest BCUT2D eigenvalue weighted by atomic mass is 32.1. The van der Waals surface area contributed by atoms with Gasteiger partial charge in [0.05, 0.1) is 21.4 Å². The number of benzene rings is 2. The van der Waals surface area contributed by atoms with E-state index in [4.69, 9.17) is 0 Å². The molecule has 0 saturated carbocycles. The molecule has 0 aliphatic rings. The fourth-order valence-electron chi connectivity index (χ4n) is 2.00. The number of nitro groups is 1. The second-order valence-corrected chi connectivity index (χ2v) is 5.89. The van der Waals surface area contributed by atoms with Crippen LogP contribution in [0.1, 0.15) is 11.1 Å². The van der Waals surface area contributed by atoms with Gasteiger partial charge >= 0.3 is 0 Å². The number of anilines is 1. The Hall–Kier alpha value is -3.00. The maximum absolute atomic E-state index is 10.7. The summed E-state index contributed by atoms with van der Waals surface area (Å²) in [5.74, 6) is -0.0823. The van der Waals surface area contributed by atoms with Crippen molar-refractivity contribution in [3.05, 3.63) is 57.6 Å². The number of fused-ring (bicyclic) bond motifs is 1. The van der Waals surface area contributed by atoms with Gasteiger partial charge in [0.1, 0.15) is 5.75 Å². The van der Waals surface area contributed by atoms with Gasteiger partial charge in [0.25, 0.3) is 5.69 Å². The highest BCUT2D eigenvalue weighted by Gasteiger charge is 2.09. The van der Waals surface area contributed by atoms with Crippen molar-refractivity contribution in [1.29, 1.82) is 0 Å². The Labute approximate surface area is 135 Å². The van der Waals surface area contributed by atoms with E-state index in [2.05, 4.69) is 15.5 Å². The normalized spacial score (nSPS) is 11.2. The molecule has 3 rings (SSSR count).